The summed E-state index contributed by atoms with van der Waals surface area (Å²) in [6.45, 7) is 4.82. The van der Waals surface area contributed by atoms with E-state index in [1.165, 1.54) is 69.8 Å². The Kier molecular flexibility index (Phi) is 17.1. The topological polar surface area (TPSA) is 47.9 Å². The first kappa shape index (κ1) is 24.9. The highest BCUT2D eigenvalue weighted by Crippen LogP contribution is 2.15. The van der Waals surface area contributed by atoms with Crippen molar-refractivity contribution >= 4 is 0 Å². The summed E-state index contributed by atoms with van der Waals surface area (Å²) in [5, 5.41) is 8.59. The zero-order valence-electron chi connectivity index (χ0n) is 18.0. The molecule has 0 saturated heterocycles. The highest BCUT2D eigenvalue weighted by Gasteiger charge is 1.98. The first-order valence-electron chi connectivity index (χ1n) is 11.3. The van der Waals surface area contributed by atoms with Gasteiger partial charge in [-0.25, -0.2) is 0 Å². The van der Waals surface area contributed by atoms with Gasteiger partial charge in [-0.3, -0.25) is 0 Å². The minimum absolute atomic E-state index is 0.0539. The van der Waals surface area contributed by atoms with E-state index in [9.17, 15) is 0 Å². The van der Waals surface area contributed by atoms with Crippen molar-refractivity contribution in [3.05, 3.63) is 29.8 Å². The molecule has 1 aromatic carbocycles. The Morgan fingerprint density at radius 3 is 1.79 bits per heavy atom. The molecule has 1 aromatic rings. The molecule has 0 aliphatic heterocycles. The van der Waals surface area contributed by atoms with Gasteiger partial charge in [0.1, 0.15) is 12.4 Å². The number of benzene rings is 1. The van der Waals surface area contributed by atoms with Crippen LogP contribution in [0.4, 0.5) is 0 Å². The molecular formula is C24H42O4. The Morgan fingerprint density at radius 2 is 1.18 bits per heavy atom. The molecule has 0 spiro atoms. The summed E-state index contributed by atoms with van der Waals surface area (Å²) in [6, 6.07) is 8.45. The minimum atomic E-state index is 0.0539. The summed E-state index contributed by atoms with van der Waals surface area (Å²) < 4.78 is 16.2. The highest BCUT2D eigenvalue weighted by molar-refractivity contribution is 5.27. The molecule has 1 N–H and O–H groups in total. The number of hydrogen-bond donors (Lipinski definition) is 1. The predicted molar refractivity (Wildman–Crippen MR) is 116 cm³/mol. The summed E-state index contributed by atoms with van der Waals surface area (Å²) in [4.78, 5) is 0. The van der Waals surface area contributed by atoms with Gasteiger partial charge in [-0.05, 0) is 30.5 Å². The third-order valence-corrected chi connectivity index (χ3v) is 4.85. The highest BCUT2D eigenvalue weighted by atomic mass is 16.5. The van der Waals surface area contributed by atoms with Crippen LogP contribution >= 0.6 is 0 Å². The Morgan fingerprint density at radius 1 is 0.643 bits per heavy atom. The van der Waals surface area contributed by atoms with Gasteiger partial charge in [-0.15, -0.1) is 0 Å². The fourth-order valence-corrected chi connectivity index (χ4v) is 3.17. The molecule has 4 nitrogen and oxygen atoms in total. The first-order valence-corrected chi connectivity index (χ1v) is 11.3. The molecule has 0 heterocycles. The van der Waals surface area contributed by atoms with Crippen molar-refractivity contribution in [3.8, 4) is 5.75 Å². The van der Waals surface area contributed by atoms with Crippen molar-refractivity contribution in [3.63, 3.8) is 0 Å². The monoisotopic (exact) mass is 394 g/mol. The van der Waals surface area contributed by atoms with Crippen LogP contribution < -0.4 is 4.74 Å². The van der Waals surface area contributed by atoms with Crippen molar-refractivity contribution in [1.82, 2.24) is 0 Å². The van der Waals surface area contributed by atoms with Crippen molar-refractivity contribution in [2.45, 2.75) is 77.6 Å². The fraction of sp³-hybridized carbons (Fsp3) is 0.750. The first-order chi connectivity index (χ1) is 13.9. The number of aliphatic hydroxyl groups excluding tert-OH is 1. The van der Waals surface area contributed by atoms with Crippen LogP contribution in [0.1, 0.15) is 76.7 Å². The van der Waals surface area contributed by atoms with E-state index in [-0.39, 0.29) is 6.61 Å². The fourth-order valence-electron chi connectivity index (χ4n) is 3.17. The smallest absolute Gasteiger partial charge is 0.119 e. The molecule has 0 aliphatic rings. The van der Waals surface area contributed by atoms with Gasteiger partial charge in [0.15, 0.2) is 0 Å². The van der Waals surface area contributed by atoms with E-state index in [1.54, 1.807) is 0 Å². The van der Waals surface area contributed by atoms with Crippen molar-refractivity contribution in [1.29, 1.82) is 0 Å². The molecule has 0 fully saturated rings. The van der Waals surface area contributed by atoms with Gasteiger partial charge in [0, 0.05) is 0 Å². The number of unbranched alkanes of at least 4 members (excludes halogenated alkanes) is 9. The van der Waals surface area contributed by atoms with Crippen LogP contribution in [0, 0.1) is 0 Å². The molecule has 0 amide bonds. The molecule has 0 saturated carbocycles. The Hall–Kier alpha value is -1.10. The second-order valence-electron chi connectivity index (χ2n) is 7.37. The van der Waals surface area contributed by atoms with E-state index in [0.29, 0.717) is 33.0 Å². The average Bonchev–Trinajstić information content (AvgIpc) is 2.72. The standard InChI is InChI=1S/C24H42O4/c1-2-3-4-5-6-7-8-9-10-11-12-23-13-15-24(16-14-23)28-22-21-27-20-19-26-18-17-25/h13-16,25H,2-12,17-22H2,1H3. The molecule has 0 aliphatic carbocycles. The van der Waals surface area contributed by atoms with Crippen LogP contribution in [0.5, 0.6) is 5.75 Å². The molecule has 0 unspecified atom stereocenters. The molecule has 4 heteroatoms. The average molecular weight is 395 g/mol. The maximum Gasteiger partial charge on any atom is 0.119 e. The Labute approximate surface area is 172 Å². The lowest BCUT2D eigenvalue weighted by Gasteiger charge is -2.08. The largest absolute Gasteiger partial charge is 0.491 e. The molecular weight excluding hydrogens is 352 g/mol. The summed E-state index contributed by atoms with van der Waals surface area (Å²) in [7, 11) is 0. The van der Waals surface area contributed by atoms with Crippen molar-refractivity contribution in [2.24, 2.45) is 0 Å². The normalized spacial score (nSPS) is 11.1. The van der Waals surface area contributed by atoms with Crippen LogP contribution in [-0.2, 0) is 15.9 Å². The summed E-state index contributed by atoms with van der Waals surface area (Å²) in [5.41, 5.74) is 1.39. The van der Waals surface area contributed by atoms with E-state index in [1.807, 2.05) is 0 Å². The summed E-state index contributed by atoms with van der Waals surface area (Å²) >= 11 is 0. The maximum atomic E-state index is 8.59. The van der Waals surface area contributed by atoms with Crippen LogP contribution in [0.15, 0.2) is 24.3 Å². The van der Waals surface area contributed by atoms with Crippen molar-refractivity contribution in [2.75, 3.05) is 39.6 Å². The van der Waals surface area contributed by atoms with E-state index >= 15 is 0 Å². The van der Waals surface area contributed by atoms with Gasteiger partial charge in [0.2, 0.25) is 0 Å². The predicted octanol–water partition coefficient (Wildman–Crippen LogP) is 5.55. The van der Waals surface area contributed by atoms with E-state index in [0.717, 1.165) is 12.2 Å². The van der Waals surface area contributed by atoms with Crippen molar-refractivity contribution < 1.29 is 19.3 Å². The second kappa shape index (κ2) is 19.2. The Balaban J connectivity index is 1.94. The van der Waals surface area contributed by atoms with Gasteiger partial charge in [-0.1, -0.05) is 76.8 Å². The molecule has 0 bridgehead atoms. The lowest BCUT2D eigenvalue weighted by atomic mass is 10.0. The molecule has 162 valence electrons. The van der Waals surface area contributed by atoms with E-state index in [4.69, 9.17) is 19.3 Å². The van der Waals surface area contributed by atoms with Gasteiger partial charge >= 0.3 is 0 Å². The summed E-state index contributed by atoms with van der Waals surface area (Å²) in [6.07, 6.45) is 15.0. The second-order valence-corrected chi connectivity index (χ2v) is 7.37. The third-order valence-electron chi connectivity index (χ3n) is 4.85. The van der Waals surface area contributed by atoms with Crippen LogP contribution in [0.3, 0.4) is 0 Å². The zero-order valence-corrected chi connectivity index (χ0v) is 18.0. The van der Waals surface area contributed by atoms with Gasteiger partial charge in [0.05, 0.1) is 33.0 Å². The van der Waals surface area contributed by atoms with Gasteiger partial charge in [-0.2, -0.15) is 0 Å². The van der Waals surface area contributed by atoms with Gasteiger partial charge in [0.25, 0.3) is 0 Å². The number of aryl methyl sites for hydroxylation is 1. The number of hydrogen-bond acceptors (Lipinski definition) is 4. The molecule has 28 heavy (non-hydrogen) atoms. The van der Waals surface area contributed by atoms with Crippen LogP contribution in [-0.4, -0.2) is 44.7 Å². The quantitative estimate of drug-likeness (QED) is 0.294. The van der Waals surface area contributed by atoms with E-state index in [2.05, 4.69) is 31.2 Å². The SMILES string of the molecule is CCCCCCCCCCCCc1ccc(OCCOCCOCCO)cc1. The number of rotatable bonds is 20. The maximum absolute atomic E-state index is 8.59. The molecule has 0 atom stereocenters. The minimum Gasteiger partial charge on any atom is -0.491 e. The van der Waals surface area contributed by atoms with E-state index < -0.39 is 0 Å². The lowest BCUT2D eigenvalue weighted by Crippen LogP contribution is -2.11. The lowest BCUT2D eigenvalue weighted by molar-refractivity contribution is 0.0247. The third kappa shape index (κ3) is 14.9. The molecule has 1 rings (SSSR count). The number of aliphatic hydroxyl groups is 1. The molecule has 0 aromatic heterocycles. The Bertz CT molecular complexity index is 433. The molecule has 0 radical (unpaired) electrons. The number of ether oxygens (including phenoxy) is 3. The van der Waals surface area contributed by atoms with Crippen LogP contribution in [0.2, 0.25) is 0 Å². The van der Waals surface area contributed by atoms with Gasteiger partial charge < -0.3 is 19.3 Å². The zero-order chi connectivity index (χ0) is 20.1. The summed E-state index contributed by atoms with van der Waals surface area (Å²) in [5.74, 6) is 0.895. The van der Waals surface area contributed by atoms with Crippen LogP contribution in [0.25, 0.3) is 0 Å².